The molecule has 1 rings (SSSR count). The number of halogens is 1. The summed E-state index contributed by atoms with van der Waals surface area (Å²) in [6, 6.07) is 7.75. The van der Waals surface area contributed by atoms with E-state index in [0.29, 0.717) is 5.75 Å². The quantitative estimate of drug-likeness (QED) is 0.828. The molecule has 4 nitrogen and oxygen atoms in total. The maximum Gasteiger partial charge on any atom is 0.150 e. The average molecular weight is 245 g/mol. The van der Waals surface area contributed by atoms with Crippen molar-refractivity contribution in [3.8, 4) is 17.9 Å². The largest absolute Gasteiger partial charge is 0.489 e. The van der Waals surface area contributed by atoms with E-state index in [9.17, 15) is 4.39 Å². The maximum absolute atomic E-state index is 13.6. The van der Waals surface area contributed by atoms with Gasteiger partial charge in [0.15, 0.2) is 0 Å². The summed E-state index contributed by atoms with van der Waals surface area (Å²) in [5.41, 5.74) is -0.0389. The lowest BCUT2D eigenvalue weighted by molar-refractivity contribution is 0.243. The maximum atomic E-state index is 13.6. The van der Waals surface area contributed by atoms with Crippen LogP contribution in [0.4, 0.5) is 10.1 Å². The predicted molar refractivity (Wildman–Crippen MR) is 65.1 cm³/mol. The molecule has 92 valence electrons. The number of hydrogen-bond acceptors (Lipinski definition) is 4. The van der Waals surface area contributed by atoms with E-state index in [4.69, 9.17) is 15.3 Å². The molecule has 1 aromatic carbocycles. The van der Waals surface area contributed by atoms with Crippen molar-refractivity contribution in [1.82, 2.24) is 0 Å². The van der Waals surface area contributed by atoms with Crippen LogP contribution >= 0.6 is 0 Å². The smallest absolute Gasteiger partial charge is 0.150 e. The number of nitriles is 2. The Labute approximate surface area is 105 Å². The van der Waals surface area contributed by atoms with Gasteiger partial charge in [0.2, 0.25) is 0 Å². The standard InChI is InChI=1S/C13H12FN3O/c1-9(2)18-12-5-3-4-11(14)13(12)17-8-10(6-15)7-16/h3-5,8-9,17H,1-2H3. The lowest BCUT2D eigenvalue weighted by atomic mass is 10.2. The molecule has 0 aliphatic carbocycles. The van der Waals surface area contributed by atoms with Gasteiger partial charge in [-0.25, -0.2) is 4.39 Å². The molecule has 0 atom stereocenters. The summed E-state index contributed by atoms with van der Waals surface area (Å²) in [6.45, 7) is 3.64. The molecule has 0 aromatic heterocycles. The summed E-state index contributed by atoms with van der Waals surface area (Å²) in [5, 5.41) is 19.7. The zero-order valence-electron chi connectivity index (χ0n) is 10.1. The molecule has 0 aliphatic heterocycles. The van der Waals surface area contributed by atoms with Crippen LogP contribution in [0, 0.1) is 28.5 Å². The number of nitrogens with one attached hydrogen (secondary N) is 1. The van der Waals surface area contributed by atoms with E-state index in [2.05, 4.69) is 5.32 Å². The van der Waals surface area contributed by atoms with Gasteiger partial charge in [0.25, 0.3) is 0 Å². The third-order valence-corrected chi connectivity index (χ3v) is 1.94. The molecular formula is C13H12FN3O. The third kappa shape index (κ3) is 3.50. The van der Waals surface area contributed by atoms with Crippen molar-refractivity contribution in [1.29, 1.82) is 10.5 Å². The molecule has 0 amide bonds. The van der Waals surface area contributed by atoms with Gasteiger partial charge < -0.3 is 10.1 Å². The SMILES string of the molecule is CC(C)Oc1cccc(F)c1NC=C(C#N)C#N. The van der Waals surface area contributed by atoms with Gasteiger partial charge in [-0.1, -0.05) is 6.07 Å². The Morgan fingerprint density at radius 3 is 2.61 bits per heavy atom. The van der Waals surface area contributed by atoms with Crippen molar-refractivity contribution in [2.24, 2.45) is 0 Å². The average Bonchev–Trinajstić information content (AvgIpc) is 2.32. The molecular weight excluding hydrogens is 233 g/mol. The van der Waals surface area contributed by atoms with Crippen LogP contribution < -0.4 is 10.1 Å². The zero-order valence-corrected chi connectivity index (χ0v) is 10.1. The molecule has 1 aromatic rings. The van der Waals surface area contributed by atoms with Crippen molar-refractivity contribution < 1.29 is 9.13 Å². The fraction of sp³-hybridized carbons (Fsp3) is 0.231. The second kappa shape index (κ2) is 6.27. The Balaban J connectivity index is 3.05. The van der Waals surface area contributed by atoms with Crippen LogP contribution in [-0.4, -0.2) is 6.10 Å². The van der Waals surface area contributed by atoms with Gasteiger partial charge in [-0.05, 0) is 26.0 Å². The van der Waals surface area contributed by atoms with Crippen molar-refractivity contribution in [3.05, 3.63) is 35.8 Å². The summed E-state index contributed by atoms with van der Waals surface area (Å²) >= 11 is 0. The minimum atomic E-state index is -0.514. The molecule has 0 bridgehead atoms. The molecule has 5 heteroatoms. The van der Waals surface area contributed by atoms with Crippen LogP contribution in [-0.2, 0) is 0 Å². The van der Waals surface area contributed by atoms with E-state index in [0.717, 1.165) is 6.20 Å². The lowest BCUT2D eigenvalue weighted by Gasteiger charge is -2.14. The summed E-state index contributed by atoms with van der Waals surface area (Å²) < 4.78 is 19.0. The van der Waals surface area contributed by atoms with Gasteiger partial charge in [-0.15, -0.1) is 0 Å². The first-order valence-electron chi connectivity index (χ1n) is 5.30. The van der Waals surface area contributed by atoms with E-state index in [1.54, 1.807) is 18.2 Å². The van der Waals surface area contributed by atoms with Crippen LogP contribution in [0.15, 0.2) is 30.0 Å². The van der Waals surface area contributed by atoms with Crippen LogP contribution in [0.1, 0.15) is 13.8 Å². The van der Waals surface area contributed by atoms with Crippen molar-refractivity contribution >= 4 is 5.69 Å². The number of ether oxygens (including phenoxy) is 1. The molecule has 0 unspecified atom stereocenters. The topological polar surface area (TPSA) is 68.8 Å². The first kappa shape index (κ1) is 13.5. The second-order valence-electron chi connectivity index (χ2n) is 3.71. The molecule has 0 saturated heterocycles. The minimum Gasteiger partial charge on any atom is -0.489 e. The zero-order chi connectivity index (χ0) is 13.5. The lowest BCUT2D eigenvalue weighted by Crippen LogP contribution is -2.08. The molecule has 0 heterocycles. The number of hydrogen-bond donors (Lipinski definition) is 1. The van der Waals surface area contributed by atoms with Crippen LogP contribution in [0.2, 0.25) is 0 Å². The Morgan fingerprint density at radius 2 is 2.06 bits per heavy atom. The molecule has 0 fully saturated rings. The van der Waals surface area contributed by atoms with E-state index in [1.165, 1.54) is 12.1 Å². The van der Waals surface area contributed by atoms with Gasteiger partial charge >= 0.3 is 0 Å². The number of para-hydroxylation sites is 1. The summed E-state index contributed by atoms with van der Waals surface area (Å²) in [4.78, 5) is 0. The Morgan fingerprint density at radius 1 is 1.39 bits per heavy atom. The van der Waals surface area contributed by atoms with Crippen molar-refractivity contribution in [3.63, 3.8) is 0 Å². The molecule has 18 heavy (non-hydrogen) atoms. The normalized spacial score (nSPS) is 9.22. The van der Waals surface area contributed by atoms with Gasteiger partial charge in [0.1, 0.15) is 35.0 Å². The highest BCUT2D eigenvalue weighted by molar-refractivity contribution is 5.60. The number of rotatable bonds is 4. The first-order chi connectivity index (χ1) is 8.58. The van der Waals surface area contributed by atoms with E-state index < -0.39 is 5.82 Å². The Kier molecular flexibility index (Phi) is 4.71. The van der Waals surface area contributed by atoms with Gasteiger partial charge in [0, 0.05) is 6.20 Å². The van der Waals surface area contributed by atoms with E-state index in [-0.39, 0.29) is 17.4 Å². The third-order valence-electron chi connectivity index (χ3n) is 1.94. The summed E-state index contributed by atoms with van der Waals surface area (Å²) in [6.07, 6.45) is 1.04. The number of anilines is 1. The number of benzene rings is 1. The van der Waals surface area contributed by atoms with E-state index in [1.807, 2.05) is 13.8 Å². The monoisotopic (exact) mass is 245 g/mol. The second-order valence-corrected chi connectivity index (χ2v) is 3.71. The highest BCUT2D eigenvalue weighted by Crippen LogP contribution is 2.28. The summed E-state index contributed by atoms with van der Waals surface area (Å²) in [7, 11) is 0. The Hall–Kier alpha value is -2.53. The van der Waals surface area contributed by atoms with Crippen LogP contribution in [0.3, 0.4) is 0 Å². The summed E-state index contributed by atoms with van der Waals surface area (Å²) in [5.74, 6) is -0.184. The number of allylic oxidation sites excluding steroid dienone is 1. The molecule has 0 aliphatic rings. The van der Waals surface area contributed by atoms with Gasteiger partial charge in [0.05, 0.1) is 6.10 Å². The van der Waals surface area contributed by atoms with Crippen LogP contribution in [0.25, 0.3) is 0 Å². The molecule has 0 saturated carbocycles. The molecule has 1 N–H and O–H groups in total. The molecule has 0 radical (unpaired) electrons. The highest BCUT2D eigenvalue weighted by Gasteiger charge is 2.10. The predicted octanol–water partition coefficient (Wildman–Crippen LogP) is 2.96. The first-order valence-corrected chi connectivity index (χ1v) is 5.30. The number of nitrogens with zero attached hydrogens (tertiary/aromatic N) is 2. The van der Waals surface area contributed by atoms with Gasteiger partial charge in [-0.2, -0.15) is 10.5 Å². The van der Waals surface area contributed by atoms with E-state index >= 15 is 0 Å². The highest BCUT2D eigenvalue weighted by atomic mass is 19.1. The van der Waals surface area contributed by atoms with Crippen LogP contribution in [0.5, 0.6) is 5.75 Å². The fourth-order valence-electron chi connectivity index (χ4n) is 1.23. The molecule has 0 spiro atoms. The Bertz CT molecular complexity index is 522. The minimum absolute atomic E-state index is 0.106. The van der Waals surface area contributed by atoms with Crippen molar-refractivity contribution in [2.75, 3.05) is 5.32 Å². The fourth-order valence-corrected chi connectivity index (χ4v) is 1.23. The van der Waals surface area contributed by atoms with Gasteiger partial charge in [-0.3, -0.25) is 0 Å². The van der Waals surface area contributed by atoms with Crippen molar-refractivity contribution in [2.45, 2.75) is 20.0 Å².